The van der Waals surface area contributed by atoms with E-state index in [1.165, 1.54) is 0 Å². The Hall–Kier alpha value is -5.52. The minimum Gasteiger partial charge on any atom is -0.391 e. The van der Waals surface area contributed by atoms with Gasteiger partial charge in [0, 0.05) is 87.1 Å². The van der Waals surface area contributed by atoms with Gasteiger partial charge in [-0.25, -0.2) is 29.6 Å². The molecule has 2 aromatic carbocycles. The summed E-state index contributed by atoms with van der Waals surface area (Å²) in [5, 5.41) is 18.8. The van der Waals surface area contributed by atoms with Crippen LogP contribution in [-0.2, 0) is 37.2 Å². The Kier molecular flexibility index (Phi) is 18.0. The minimum absolute atomic E-state index is 0. The molecule has 0 bridgehead atoms. The SMILES string of the molecule is C.[C-]#[N+]c1ccc2c(-c3nc(N[C@H]4CCC[C@H]4O)ncc3C)cn(COCC[Si](C)(C)C)c2c1.[C-]#[N+]c1ccc2c(-c3nc(N[C@H]4CCC[C@H]4OS(C)(=O)=O)ncc3C)cn(COCC[Si](C)(C)C)c2c1. The lowest BCUT2D eigenvalue weighted by Gasteiger charge is -2.20. The number of aryl methyl sites for hydroxylation is 2. The van der Waals surface area contributed by atoms with Gasteiger partial charge in [-0.2, -0.15) is 8.42 Å². The molecule has 0 amide bonds. The van der Waals surface area contributed by atoms with Crippen molar-refractivity contribution in [3.63, 3.8) is 0 Å². The van der Waals surface area contributed by atoms with Gasteiger partial charge in [0.15, 0.2) is 11.4 Å². The van der Waals surface area contributed by atoms with E-state index in [1.807, 2.05) is 67.2 Å². The zero-order valence-electron chi connectivity index (χ0n) is 42.0. The molecule has 19 heteroatoms. The first-order chi connectivity index (χ1) is 33.2. The first-order valence-corrected chi connectivity index (χ1v) is 33.4. The first kappa shape index (κ1) is 54.8. The van der Waals surface area contributed by atoms with Crippen molar-refractivity contribution in [2.45, 2.75) is 149 Å². The van der Waals surface area contributed by atoms with E-state index in [0.29, 0.717) is 49.8 Å². The molecule has 4 atom stereocenters. The number of nitrogens with zero attached hydrogens (tertiary/aromatic N) is 8. The van der Waals surface area contributed by atoms with E-state index in [4.69, 9.17) is 36.8 Å². The molecule has 0 aliphatic heterocycles. The van der Waals surface area contributed by atoms with Crippen LogP contribution in [0.15, 0.2) is 61.2 Å². The van der Waals surface area contributed by atoms with Crippen LogP contribution in [0, 0.1) is 27.0 Å². The summed E-state index contributed by atoms with van der Waals surface area (Å²) in [5.74, 6) is 0.964. The van der Waals surface area contributed by atoms with E-state index in [1.54, 1.807) is 6.20 Å². The molecular formula is C52H72N10O6SSi2. The summed E-state index contributed by atoms with van der Waals surface area (Å²) in [4.78, 5) is 25.8. The number of rotatable bonds is 18. The quantitative estimate of drug-likeness (QED) is 0.0322. The third-order valence-electron chi connectivity index (χ3n) is 12.8. The molecule has 3 N–H and O–H groups in total. The number of aromatic nitrogens is 6. The Morgan fingerprint density at radius 2 is 1.17 bits per heavy atom. The fourth-order valence-corrected chi connectivity index (χ4v) is 11.0. The number of ether oxygens (including phenoxy) is 2. The Bertz CT molecular complexity index is 3010. The summed E-state index contributed by atoms with van der Waals surface area (Å²) >= 11 is 0. The minimum atomic E-state index is -3.55. The molecule has 4 heterocycles. The van der Waals surface area contributed by atoms with Crippen LogP contribution in [0.5, 0.6) is 0 Å². The molecule has 0 unspecified atom stereocenters. The molecule has 2 saturated carbocycles. The standard InChI is InChI=1S/C26H35N5O4SSi.C25H33N5O2Si.CH4/c1-18-15-28-26(29-22-8-7-9-24(22)35-36(3,32)33)30-25(18)21-16-31(17-34-12-13-37(4,5)6)23-14-19(27-2)10-11-20(21)23;1-17-14-27-25(28-21-7-6-8-23(21)31)29-24(17)20-15-30(16-32-11-12-33(3,4)5)22-13-18(26-2)9-10-19(20)22;/h10-11,14-16,22,24H,7-9,12-13,17H2,1,3-6H3,(H,28,29,30);9-10,13-15,21,23,31H,6-8,11-12,16H2,1,3-5H3,(H,27,28,29);1H4/t22-,24+;21-,23+;/m00./s1. The highest BCUT2D eigenvalue weighted by Crippen LogP contribution is 2.37. The highest BCUT2D eigenvalue weighted by Gasteiger charge is 2.32. The van der Waals surface area contributed by atoms with E-state index < -0.39 is 32.4 Å². The van der Waals surface area contributed by atoms with Gasteiger partial charge in [-0.3, -0.25) is 4.18 Å². The maximum atomic E-state index is 11.7. The highest BCUT2D eigenvalue weighted by molar-refractivity contribution is 7.86. The van der Waals surface area contributed by atoms with Crippen molar-refractivity contribution in [3.8, 4) is 22.5 Å². The Balaban J connectivity index is 0.000000231. The van der Waals surface area contributed by atoms with Crippen molar-refractivity contribution >= 4 is 71.3 Å². The maximum Gasteiger partial charge on any atom is 0.264 e. The number of aliphatic hydroxyl groups is 1. The molecule has 8 rings (SSSR count). The van der Waals surface area contributed by atoms with Crippen molar-refractivity contribution in [3.05, 3.63) is 95.1 Å². The third kappa shape index (κ3) is 14.6. The molecule has 2 aliphatic rings. The van der Waals surface area contributed by atoms with E-state index in [9.17, 15) is 13.5 Å². The number of fused-ring (bicyclic) bond motifs is 2. The molecule has 0 radical (unpaired) electrons. The van der Waals surface area contributed by atoms with E-state index in [0.717, 1.165) is 113 Å². The largest absolute Gasteiger partial charge is 0.391 e. The number of nitrogens with one attached hydrogen (secondary N) is 2. The van der Waals surface area contributed by atoms with Crippen LogP contribution in [0.4, 0.5) is 23.3 Å². The topological polar surface area (TPSA) is 176 Å². The summed E-state index contributed by atoms with van der Waals surface area (Å²) in [6.07, 6.45) is 13.0. The fraction of sp³-hybridized carbons (Fsp3) is 0.500. The first-order valence-electron chi connectivity index (χ1n) is 24.1. The van der Waals surface area contributed by atoms with Crippen molar-refractivity contribution in [1.29, 1.82) is 0 Å². The van der Waals surface area contributed by atoms with Gasteiger partial charge in [-0.1, -0.05) is 71.0 Å². The van der Waals surface area contributed by atoms with Crippen LogP contribution in [0.1, 0.15) is 57.1 Å². The van der Waals surface area contributed by atoms with Crippen LogP contribution in [0.2, 0.25) is 51.4 Å². The molecule has 2 aliphatic carbocycles. The van der Waals surface area contributed by atoms with Gasteiger partial charge in [-0.05, 0) is 87.7 Å². The molecule has 4 aromatic heterocycles. The number of aliphatic hydroxyl groups excluding tert-OH is 1. The average Bonchev–Trinajstić information content (AvgIpc) is 4.09. The Morgan fingerprint density at radius 3 is 1.59 bits per heavy atom. The second-order valence-electron chi connectivity index (χ2n) is 21.1. The highest BCUT2D eigenvalue weighted by atomic mass is 32.2. The van der Waals surface area contributed by atoms with Crippen molar-refractivity contribution in [2.75, 3.05) is 30.1 Å². The van der Waals surface area contributed by atoms with E-state index >= 15 is 0 Å². The van der Waals surface area contributed by atoms with Crippen LogP contribution < -0.4 is 10.6 Å². The number of anilines is 2. The molecule has 0 saturated heterocycles. The summed E-state index contributed by atoms with van der Waals surface area (Å²) in [6.45, 7) is 35.1. The van der Waals surface area contributed by atoms with Crippen LogP contribution >= 0.6 is 0 Å². The Labute approximate surface area is 422 Å². The summed E-state index contributed by atoms with van der Waals surface area (Å²) in [6, 6.07) is 13.4. The second kappa shape index (κ2) is 23.4. The summed E-state index contributed by atoms with van der Waals surface area (Å²) in [5.41, 5.74) is 8.48. The zero-order valence-corrected chi connectivity index (χ0v) is 44.9. The monoisotopic (exact) mass is 1020 g/mol. The number of benzene rings is 2. The van der Waals surface area contributed by atoms with Gasteiger partial charge < -0.3 is 34.3 Å². The van der Waals surface area contributed by atoms with Gasteiger partial charge in [0.05, 0.1) is 55.1 Å². The van der Waals surface area contributed by atoms with Gasteiger partial charge in [0.25, 0.3) is 10.1 Å². The predicted octanol–water partition coefficient (Wildman–Crippen LogP) is 11.8. The van der Waals surface area contributed by atoms with Crippen molar-refractivity contribution in [2.24, 2.45) is 0 Å². The molecule has 0 spiro atoms. The second-order valence-corrected chi connectivity index (χ2v) is 33.9. The third-order valence-corrected chi connectivity index (χ3v) is 16.8. The van der Waals surface area contributed by atoms with Crippen LogP contribution in [0.3, 0.4) is 0 Å². The summed E-state index contributed by atoms with van der Waals surface area (Å²) < 4.78 is 44.8. The molecule has 380 valence electrons. The number of hydrogen-bond donors (Lipinski definition) is 3. The normalized spacial score (nSPS) is 18.1. The summed E-state index contributed by atoms with van der Waals surface area (Å²) in [7, 11) is -5.91. The fourth-order valence-electron chi connectivity index (χ4n) is 8.81. The average molecular weight is 1020 g/mol. The lowest BCUT2D eigenvalue weighted by Crippen LogP contribution is -2.33. The van der Waals surface area contributed by atoms with Crippen molar-refractivity contribution in [1.82, 2.24) is 29.1 Å². The van der Waals surface area contributed by atoms with Gasteiger partial charge in [0.1, 0.15) is 13.5 Å². The van der Waals surface area contributed by atoms with Crippen molar-refractivity contribution < 1.29 is 27.2 Å². The van der Waals surface area contributed by atoms with Gasteiger partial charge >= 0.3 is 0 Å². The van der Waals surface area contributed by atoms with Crippen LogP contribution in [0.25, 0.3) is 54.0 Å². The molecule has 16 nitrogen and oxygen atoms in total. The van der Waals surface area contributed by atoms with Gasteiger partial charge in [0.2, 0.25) is 11.9 Å². The lowest BCUT2D eigenvalue weighted by molar-refractivity contribution is 0.0902. The molecular weight excluding hydrogens is 949 g/mol. The predicted molar refractivity (Wildman–Crippen MR) is 291 cm³/mol. The maximum absolute atomic E-state index is 11.7. The zero-order chi connectivity index (χ0) is 50.4. The van der Waals surface area contributed by atoms with Crippen LogP contribution in [-0.4, -0.2) is 103 Å². The molecule has 71 heavy (non-hydrogen) atoms. The number of hydrogen-bond acceptors (Lipinski definition) is 12. The van der Waals surface area contributed by atoms with E-state index in [-0.39, 0.29) is 25.6 Å². The lowest BCUT2D eigenvalue weighted by atomic mass is 10.1. The molecule has 2 fully saturated rings. The smallest absolute Gasteiger partial charge is 0.264 e. The molecule has 6 aromatic rings. The van der Waals surface area contributed by atoms with Gasteiger partial charge in [-0.15, -0.1) is 0 Å². The Morgan fingerprint density at radius 1 is 0.718 bits per heavy atom. The van der Waals surface area contributed by atoms with E-state index in [2.05, 4.69) is 80.3 Å².